The van der Waals surface area contributed by atoms with Crippen LogP contribution in [0.1, 0.15) is 29.8 Å². The number of amides is 1. The van der Waals surface area contributed by atoms with Gasteiger partial charge in [0.2, 0.25) is 0 Å². The molecule has 0 bridgehead atoms. The zero-order chi connectivity index (χ0) is 12.0. The predicted octanol–water partition coefficient (Wildman–Crippen LogP) is 1.91. The third-order valence-electron chi connectivity index (χ3n) is 3.24. The van der Waals surface area contributed by atoms with E-state index in [1.165, 1.54) is 0 Å². The van der Waals surface area contributed by atoms with E-state index in [4.69, 9.17) is 0 Å². The molecule has 0 unspecified atom stereocenters. The molecular weight excluding hydrogens is 214 g/mol. The standard InChI is InChI=1S/C13H15N3O/c1-7-5-8(2)14-11(7)6-10-12(9-3-4-9)15-16-13(10)17/h5-6,9,14H,3-4H2,1-2H3,(H,16,17)/b10-6+. The van der Waals surface area contributed by atoms with Gasteiger partial charge in [-0.3, -0.25) is 4.79 Å². The summed E-state index contributed by atoms with van der Waals surface area (Å²) in [4.78, 5) is 15.0. The number of aromatic amines is 1. The van der Waals surface area contributed by atoms with Gasteiger partial charge in [-0.15, -0.1) is 0 Å². The molecule has 2 aliphatic rings. The molecule has 1 fully saturated rings. The van der Waals surface area contributed by atoms with Crippen molar-refractivity contribution in [3.63, 3.8) is 0 Å². The number of carbonyl (C=O) groups is 1. The molecule has 0 atom stereocenters. The number of hydrogen-bond acceptors (Lipinski definition) is 2. The molecule has 0 radical (unpaired) electrons. The summed E-state index contributed by atoms with van der Waals surface area (Å²) in [6.07, 6.45) is 4.21. The number of aryl methyl sites for hydroxylation is 2. The lowest BCUT2D eigenvalue weighted by molar-refractivity contribution is -0.116. The molecule has 2 heterocycles. The van der Waals surface area contributed by atoms with Crippen molar-refractivity contribution in [2.75, 3.05) is 0 Å². The number of carbonyl (C=O) groups excluding carboxylic acids is 1. The molecule has 0 saturated heterocycles. The first kappa shape index (κ1) is 10.3. The minimum Gasteiger partial charge on any atom is -0.359 e. The Balaban J connectivity index is 1.99. The Hall–Kier alpha value is -1.84. The van der Waals surface area contributed by atoms with Gasteiger partial charge in [0.05, 0.1) is 11.3 Å². The molecule has 17 heavy (non-hydrogen) atoms. The zero-order valence-corrected chi connectivity index (χ0v) is 10.0. The molecule has 4 heteroatoms. The van der Waals surface area contributed by atoms with Gasteiger partial charge in [0.1, 0.15) is 0 Å². The fourth-order valence-corrected chi connectivity index (χ4v) is 2.20. The van der Waals surface area contributed by atoms with Crippen LogP contribution < -0.4 is 5.43 Å². The van der Waals surface area contributed by atoms with E-state index in [0.717, 1.165) is 41.1 Å². The van der Waals surface area contributed by atoms with E-state index in [-0.39, 0.29) is 5.91 Å². The van der Waals surface area contributed by atoms with Gasteiger partial charge in [-0.2, -0.15) is 5.10 Å². The summed E-state index contributed by atoms with van der Waals surface area (Å²) in [5.41, 5.74) is 7.48. The molecular formula is C13H15N3O. The van der Waals surface area contributed by atoms with Gasteiger partial charge in [-0.1, -0.05) is 0 Å². The van der Waals surface area contributed by atoms with Gasteiger partial charge in [0.15, 0.2) is 0 Å². The second kappa shape index (κ2) is 3.58. The molecule has 1 aromatic heterocycles. The topological polar surface area (TPSA) is 57.2 Å². The maximum Gasteiger partial charge on any atom is 0.273 e. The van der Waals surface area contributed by atoms with E-state index < -0.39 is 0 Å². The van der Waals surface area contributed by atoms with Crippen LogP contribution in [0.3, 0.4) is 0 Å². The summed E-state index contributed by atoms with van der Waals surface area (Å²) in [7, 11) is 0. The summed E-state index contributed by atoms with van der Waals surface area (Å²) < 4.78 is 0. The van der Waals surface area contributed by atoms with Crippen molar-refractivity contribution in [2.24, 2.45) is 11.0 Å². The van der Waals surface area contributed by atoms with Crippen LogP contribution in [0.4, 0.5) is 0 Å². The van der Waals surface area contributed by atoms with Gasteiger partial charge in [-0.25, -0.2) is 5.43 Å². The lowest BCUT2D eigenvalue weighted by atomic mass is 10.0. The van der Waals surface area contributed by atoms with Crippen LogP contribution in [0, 0.1) is 19.8 Å². The molecule has 88 valence electrons. The van der Waals surface area contributed by atoms with Crippen molar-refractivity contribution < 1.29 is 4.79 Å². The summed E-state index contributed by atoms with van der Waals surface area (Å²) in [5, 5.41) is 4.13. The van der Waals surface area contributed by atoms with Crippen LogP contribution >= 0.6 is 0 Å². The normalized spacial score (nSPS) is 21.9. The number of aromatic nitrogens is 1. The number of rotatable bonds is 2. The number of nitrogens with one attached hydrogen (secondary N) is 2. The van der Waals surface area contributed by atoms with Crippen LogP contribution in [-0.2, 0) is 4.79 Å². The number of hydrogen-bond donors (Lipinski definition) is 2. The highest BCUT2D eigenvalue weighted by molar-refractivity contribution is 6.28. The fraction of sp³-hybridized carbons (Fsp3) is 0.385. The Morgan fingerprint density at radius 2 is 2.18 bits per heavy atom. The number of hydrazone groups is 1. The molecule has 0 spiro atoms. The molecule has 1 aliphatic heterocycles. The Morgan fingerprint density at radius 1 is 1.41 bits per heavy atom. The minimum atomic E-state index is -0.0847. The van der Waals surface area contributed by atoms with Crippen LogP contribution in [0.5, 0.6) is 0 Å². The Morgan fingerprint density at radius 3 is 2.76 bits per heavy atom. The summed E-state index contributed by atoms with van der Waals surface area (Å²) >= 11 is 0. The lowest BCUT2D eigenvalue weighted by Crippen LogP contribution is -2.13. The monoisotopic (exact) mass is 229 g/mol. The van der Waals surface area contributed by atoms with E-state index in [1.807, 2.05) is 19.9 Å². The van der Waals surface area contributed by atoms with E-state index in [2.05, 4.69) is 21.6 Å². The molecule has 1 aliphatic carbocycles. The van der Waals surface area contributed by atoms with Gasteiger partial charge >= 0.3 is 0 Å². The number of H-pyrrole nitrogens is 1. The average Bonchev–Trinajstić information content (AvgIpc) is 2.98. The highest BCUT2D eigenvalue weighted by Gasteiger charge is 2.35. The smallest absolute Gasteiger partial charge is 0.273 e. The predicted molar refractivity (Wildman–Crippen MR) is 66.5 cm³/mol. The first-order valence-corrected chi connectivity index (χ1v) is 5.91. The van der Waals surface area contributed by atoms with Crippen LogP contribution in [0.2, 0.25) is 0 Å². The Labute approximate surface area is 99.8 Å². The van der Waals surface area contributed by atoms with Crippen LogP contribution in [0.25, 0.3) is 6.08 Å². The summed E-state index contributed by atoms with van der Waals surface area (Å²) in [6.45, 7) is 4.05. The largest absolute Gasteiger partial charge is 0.359 e. The first-order chi connectivity index (χ1) is 8.15. The summed E-state index contributed by atoms with van der Waals surface area (Å²) in [5.74, 6) is 0.398. The van der Waals surface area contributed by atoms with Crippen molar-refractivity contribution in [1.82, 2.24) is 10.4 Å². The van der Waals surface area contributed by atoms with Crippen molar-refractivity contribution in [3.8, 4) is 0 Å². The van der Waals surface area contributed by atoms with Crippen LogP contribution in [0.15, 0.2) is 16.7 Å². The van der Waals surface area contributed by atoms with E-state index in [1.54, 1.807) is 0 Å². The fourth-order valence-electron chi connectivity index (χ4n) is 2.20. The van der Waals surface area contributed by atoms with E-state index >= 15 is 0 Å². The molecule has 0 aromatic carbocycles. The van der Waals surface area contributed by atoms with E-state index in [9.17, 15) is 4.79 Å². The molecule has 3 rings (SSSR count). The van der Waals surface area contributed by atoms with Gasteiger partial charge in [0.25, 0.3) is 5.91 Å². The quantitative estimate of drug-likeness (QED) is 0.748. The Kier molecular flexibility index (Phi) is 2.18. The highest BCUT2D eigenvalue weighted by atomic mass is 16.2. The highest BCUT2D eigenvalue weighted by Crippen LogP contribution is 2.35. The molecule has 1 saturated carbocycles. The molecule has 4 nitrogen and oxygen atoms in total. The third-order valence-corrected chi connectivity index (χ3v) is 3.24. The van der Waals surface area contributed by atoms with Gasteiger partial charge in [0, 0.05) is 17.3 Å². The summed E-state index contributed by atoms with van der Waals surface area (Å²) in [6, 6.07) is 2.08. The van der Waals surface area contributed by atoms with Crippen molar-refractivity contribution in [3.05, 3.63) is 28.6 Å². The Bertz CT molecular complexity index is 547. The van der Waals surface area contributed by atoms with Gasteiger partial charge < -0.3 is 4.98 Å². The maximum absolute atomic E-state index is 11.7. The first-order valence-electron chi connectivity index (χ1n) is 5.91. The van der Waals surface area contributed by atoms with Crippen molar-refractivity contribution in [2.45, 2.75) is 26.7 Å². The number of nitrogens with zero attached hydrogens (tertiary/aromatic N) is 1. The second-order valence-corrected chi connectivity index (χ2v) is 4.82. The van der Waals surface area contributed by atoms with E-state index in [0.29, 0.717) is 5.92 Å². The van der Waals surface area contributed by atoms with Crippen LogP contribution in [-0.4, -0.2) is 16.6 Å². The van der Waals surface area contributed by atoms with Crippen molar-refractivity contribution >= 4 is 17.7 Å². The van der Waals surface area contributed by atoms with Crippen molar-refractivity contribution in [1.29, 1.82) is 0 Å². The second-order valence-electron chi connectivity index (χ2n) is 4.82. The lowest BCUT2D eigenvalue weighted by Gasteiger charge is -1.98. The minimum absolute atomic E-state index is 0.0847. The van der Waals surface area contributed by atoms with Gasteiger partial charge in [-0.05, 0) is 44.4 Å². The average molecular weight is 229 g/mol. The SMILES string of the molecule is Cc1cc(C)c(/C=C2/C(=O)NN=C2C2CC2)[nH]1. The maximum atomic E-state index is 11.7. The molecule has 2 N–H and O–H groups in total. The molecule has 1 amide bonds. The zero-order valence-electron chi connectivity index (χ0n) is 10.0. The molecule has 1 aromatic rings. The third kappa shape index (κ3) is 1.79.